The molecule has 1 aromatic heterocycles. The normalized spacial score (nSPS) is 27.2. The molecule has 0 bridgehead atoms. The summed E-state index contributed by atoms with van der Waals surface area (Å²) in [5.74, 6) is -1.63. The molecule has 1 N–H and O–H groups in total. The Bertz CT molecular complexity index is 793. The average molecular weight is 347 g/mol. The van der Waals surface area contributed by atoms with Crippen LogP contribution in [0, 0.1) is 5.41 Å². The number of alkyl halides is 2. The Balaban J connectivity index is 1.41. The van der Waals surface area contributed by atoms with Crippen molar-refractivity contribution in [3.05, 3.63) is 35.5 Å². The first-order valence-corrected chi connectivity index (χ1v) is 8.48. The van der Waals surface area contributed by atoms with Crippen molar-refractivity contribution in [2.24, 2.45) is 5.41 Å². The van der Waals surface area contributed by atoms with Gasteiger partial charge in [0.05, 0.1) is 0 Å². The molecule has 0 radical (unpaired) electrons. The zero-order valence-corrected chi connectivity index (χ0v) is 13.9. The van der Waals surface area contributed by atoms with E-state index in [0.29, 0.717) is 24.5 Å². The highest BCUT2D eigenvalue weighted by Gasteiger charge is 2.70. The summed E-state index contributed by atoms with van der Waals surface area (Å²) in [5, 5.41) is 9.85. The predicted molar refractivity (Wildman–Crippen MR) is 86.1 cm³/mol. The van der Waals surface area contributed by atoms with Gasteiger partial charge in [-0.05, 0) is 49.3 Å². The van der Waals surface area contributed by atoms with E-state index in [1.54, 1.807) is 0 Å². The van der Waals surface area contributed by atoms with Gasteiger partial charge in [-0.2, -0.15) is 0 Å². The molecule has 25 heavy (non-hydrogen) atoms. The zero-order chi connectivity index (χ0) is 17.7. The highest BCUT2D eigenvalue weighted by atomic mass is 19.3. The molecule has 5 nitrogen and oxygen atoms in total. The van der Waals surface area contributed by atoms with E-state index < -0.39 is 11.3 Å². The molecule has 0 amide bonds. The molecule has 132 valence electrons. The van der Waals surface area contributed by atoms with E-state index >= 15 is 0 Å². The molecule has 2 fully saturated rings. The van der Waals surface area contributed by atoms with Gasteiger partial charge in [0.15, 0.2) is 11.5 Å². The molecule has 2 saturated carbocycles. The maximum absolute atomic E-state index is 13.5. The largest absolute Gasteiger partial charge is 0.436 e. The standard InChI is InChI=1S/C18H19F2N3O2/c1-11(24)15-16(22-23-21-15)25-14-4-2-12(3-5-14)13-6-8-17(9-7-13)10-18(17,19)20/h2-5,13H,6-10H2,1H3,(H,21,22,23). The smallest absolute Gasteiger partial charge is 0.269 e. The summed E-state index contributed by atoms with van der Waals surface area (Å²) in [5.41, 5.74) is 0.660. The van der Waals surface area contributed by atoms with Crippen molar-refractivity contribution in [2.75, 3.05) is 0 Å². The lowest BCUT2D eigenvalue weighted by Gasteiger charge is -2.29. The topological polar surface area (TPSA) is 67.9 Å². The van der Waals surface area contributed by atoms with Crippen LogP contribution >= 0.6 is 0 Å². The van der Waals surface area contributed by atoms with Gasteiger partial charge in [-0.3, -0.25) is 9.89 Å². The van der Waals surface area contributed by atoms with E-state index in [2.05, 4.69) is 15.4 Å². The first-order valence-electron chi connectivity index (χ1n) is 8.48. The molecule has 2 aromatic rings. The van der Waals surface area contributed by atoms with Crippen molar-refractivity contribution < 1.29 is 18.3 Å². The minimum absolute atomic E-state index is 0.0652. The lowest BCUT2D eigenvalue weighted by molar-refractivity contribution is 0.0455. The van der Waals surface area contributed by atoms with Gasteiger partial charge in [0.1, 0.15) is 5.75 Å². The maximum atomic E-state index is 13.5. The second kappa shape index (κ2) is 5.61. The number of aromatic amines is 1. The Hall–Kier alpha value is -2.31. The van der Waals surface area contributed by atoms with Gasteiger partial charge in [-0.25, -0.2) is 8.78 Å². The second-order valence-electron chi connectivity index (χ2n) is 7.16. The summed E-state index contributed by atoms with van der Waals surface area (Å²) >= 11 is 0. The number of benzene rings is 1. The van der Waals surface area contributed by atoms with E-state index in [-0.39, 0.29) is 23.8 Å². The molecule has 4 rings (SSSR count). The van der Waals surface area contributed by atoms with Crippen LogP contribution in [-0.4, -0.2) is 27.1 Å². The van der Waals surface area contributed by atoms with Crippen molar-refractivity contribution in [3.63, 3.8) is 0 Å². The van der Waals surface area contributed by atoms with Crippen LogP contribution in [0.1, 0.15) is 61.0 Å². The number of nitrogens with zero attached hydrogens (tertiary/aromatic N) is 2. The molecule has 7 heteroatoms. The number of nitrogens with one attached hydrogen (secondary N) is 1. The minimum Gasteiger partial charge on any atom is -0.436 e. The van der Waals surface area contributed by atoms with Gasteiger partial charge in [0.2, 0.25) is 0 Å². The van der Waals surface area contributed by atoms with Gasteiger partial charge < -0.3 is 4.74 Å². The fourth-order valence-electron chi connectivity index (χ4n) is 3.87. The summed E-state index contributed by atoms with van der Waals surface area (Å²) in [4.78, 5) is 11.4. The summed E-state index contributed by atoms with van der Waals surface area (Å²) in [6.45, 7) is 1.41. The van der Waals surface area contributed by atoms with E-state index in [0.717, 1.165) is 18.4 Å². The SMILES string of the molecule is CC(=O)c1[nH]nnc1Oc1ccc(C2CCC3(CC2)CC3(F)F)cc1. The van der Waals surface area contributed by atoms with Crippen LogP contribution in [0.25, 0.3) is 0 Å². The maximum Gasteiger partial charge on any atom is 0.269 e. The third kappa shape index (κ3) is 2.81. The second-order valence-corrected chi connectivity index (χ2v) is 7.16. The van der Waals surface area contributed by atoms with Crippen LogP contribution in [0.2, 0.25) is 0 Å². The minimum atomic E-state index is -2.44. The number of Topliss-reactive ketones (excluding diaryl/α,β-unsaturated/α-hetero) is 1. The Morgan fingerprint density at radius 3 is 2.44 bits per heavy atom. The summed E-state index contributed by atoms with van der Waals surface area (Å²) in [6.07, 6.45) is 2.87. The van der Waals surface area contributed by atoms with Gasteiger partial charge in [0, 0.05) is 18.8 Å². The summed E-state index contributed by atoms with van der Waals surface area (Å²) < 4.78 is 32.5. The number of rotatable bonds is 4. The Labute approximate surface area is 143 Å². The number of aromatic nitrogens is 3. The molecule has 2 aliphatic carbocycles. The van der Waals surface area contributed by atoms with Crippen LogP contribution in [0.3, 0.4) is 0 Å². The number of carbonyl (C=O) groups is 1. The Morgan fingerprint density at radius 1 is 1.24 bits per heavy atom. The number of hydrogen-bond acceptors (Lipinski definition) is 4. The van der Waals surface area contributed by atoms with E-state index in [1.807, 2.05) is 24.3 Å². The molecule has 0 atom stereocenters. The van der Waals surface area contributed by atoms with Crippen molar-refractivity contribution in [2.45, 2.75) is 50.9 Å². The third-order valence-corrected chi connectivity index (χ3v) is 5.59. The fraction of sp³-hybridized carbons (Fsp3) is 0.500. The summed E-state index contributed by atoms with van der Waals surface area (Å²) in [7, 11) is 0. The molecule has 1 heterocycles. The average Bonchev–Trinajstić information content (AvgIpc) is 2.93. The van der Waals surface area contributed by atoms with E-state index in [1.165, 1.54) is 6.92 Å². The predicted octanol–water partition coefficient (Wildman–Crippen LogP) is 4.48. The number of ether oxygens (including phenoxy) is 1. The van der Waals surface area contributed by atoms with Gasteiger partial charge in [0.25, 0.3) is 11.8 Å². The molecule has 1 aromatic carbocycles. The monoisotopic (exact) mass is 347 g/mol. The molecule has 1 spiro atoms. The Morgan fingerprint density at radius 2 is 1.88 bits per heavy atom. The van der Waals surface area contributed by atoms with Gasteiger partial charge in [-0.1, -0.05) is 22.4 Å². The van der Waals surface area contributed by atoms with Crippen molar-refractivity contribution in [1.82, 2.24) is 15.4 Å². The number of hydrogen-bond donors (Lipinski definition) is 1. The third-order valence-electron chi connectivity index (χ3n) is 5.59. The van der Waals surface area contributed by atoms with Crippen LogP contribution in [-0.2, 0) is 0 Å². The quantitative estimate of drug-likeness (QED) is 0.828. The van der Waals surface area contributed by atoms with Crippen molar-refractivity contribution >= 4 is 5.78 Å². The highest BCUT2D eigenvalue weighted by Crippen LogP contribution is 2.68. The lowest BCUT2D eigenvalue weighted by atomic mass is 9.76. The van der Waals surface area contributed by atoms with Crippen LogP contribution < -0.4 is 4.74 Å². The van der Waals surface area contributed by atoms with Crippen LogP contribution in [0.4, 0.5) is 8.78 Å². The number of halogens is 2. The molecular weight excluding hydrogens is 328 g/mol. The lowest BCUT2D eigenvalue weighted by Crippen LogP contribution is -2.19. The van der Waals surface area contributed by atoms with E-state index in [9.17, 15) is 13.6 Å². The molecular formula is C18H19F2N3O2. The van der Waals surface area contributed by atoms with Crippen molar-refractivity contribution in [1.29, 1.82) is 0 Å². The molecule has 0 saturated heterocycles. The van der Waals surface area contributed by atoms with Crippen molar-refractivity contribution in [3.8, 4) is 11.6 Å². The number of H-pyrrole nitrogens is 1. The molecule has 0 aliphatic heterocycles. The van der Waals surface area contributed by atoms with Gasteiger partial charge in [-0.15, -0.1) is 0 Å². The fourth-order valence-corrected chi connectivity index (χ4v) is 3.87. The molecule has 2 aliphatic rings. The number of ketones is 1. The Kier molecular flexibility index (Phi) is 3.63. The summed E-state index contributed by atoms with van der Waals surface area (Å²) in [6, 6.07) is 7.53. The van der Waals surface area contributed by atoms with Gasteiger partial charge >= 0.3 is 0 Å². The molecule has 0 unspecified atom stereocenters. The first kappa shape index (κ1) is 16.2. The number of carbonyl (C=O) groups excluding carboxylic acids is 1. The zero-order valence-electron chi connectivity index (χ0n) is 13.9. The van der Waals surface area contributed by atoms with Crippen LogP contribution in [0.5, 0.6) is 11.6 Å². The van der Waals surface area contributed by atoms with Crippen LogP contribution in [0.15, 0.2) is 24.3 Å². The van der Waals surface area contributed by atoms with E-state index in [4.69, 9.17) is 4.74 Å². The first-order chi connectivity index (χ1) is 11.9. The highest BCUT2D eigenvalue weighted by molar-refractivity contribution is 5.94.